The van der Waals surface area contributed by atoms with Crippen molar-refractivity contribution in [3.63, 3.8) is 0 Å². The summed E-state index contributed by atoms with van der Waals surface area (Å²) in [5.41, 5.74) is 1.44. The maximum absolute atomic E-state index is 11.6. The molecule has 0 spiro atoms. The summed E-state index contributed by atoms with van der Waals surface area (Å²) in [5.74, 6) is 0.355. The van der Waals surface area contributed by atoms with E-state index >= 15 is 0 Å². The minimum Gasteiger partial charge on any atom is -0.292 e. The van der Waals surface area contributed by atoms with Crippen molar-refractivity contribution in [2.24, 2.45) is 12.1 Å². The molecule has 122 valence electrons. The zero-order chi connectivity index (χ0) is 16.8. The second-order valence-corrected chi connectivity index (χ2v) is 5.47. The number of benzene rings is 1. The molecule has 0 aliphatic carbocycles. The first kappa shape index (κ1) is 16.7. The normalized spacial score (nSPS) is 11.1. The number of rotatable bonds is 6. The van der Waals surface area contributed by atoms with Crippen molar-refractivity contribution in [1.29, 1.82) is 0 Å². The molecule has 6 nitrogen and oxygen atoms in total. The molecule has 0 bridgehead atoms. The van der Waals surface area contributed by atoms with E-state index in [0.717, 1.165) is 16.6 Å². The largest absolute Gasteiger partial charge is 0.329 e. The Hall–Kier alpha value is -2.63. The lowest BCUT2D eigenvalue weighted by molar-refractivity contribution is 0.766. The van der Waals surface area contributed by atoms with Gasteiger partial charge in [-0.3, -0.25) is 19.4 Å². The van der Waals surface area contributed by atoms with Gasteiger partial charge < -0.3 is 0 Å². The molecule has 0 aliphatic rings. The van der Waals surface area contributed by atoms with Crippen molar-refractivity contribution in [2.45, 2.75) is 26.2 Å². The van der Waals surface area contributed by atoms with Crippen LogP contribution in [-0.2, 0) is 13.5 Å². The Labute approximate surface area is 135 Å². The van der Waals surface area contributed by atoms with Gasteiger partial charge in [0.2, 0.25) is 0 Å². The van der Waals surface area contributed by atoms with Crippen LogP contribution in [0.4, 0.5) is 5.82 Å². The topological polar surface area (TPSA) is 70.5 Å². The predicted molar refractivity (Wildman–Crippen MR) is 93.4 cm³/mol. The highest BCUT2D eigenvalue weighted by molar-refractivity contribution is 5.80. The van der Waals surface area contributed by atoms with Crippen molar-refractivity contribution in [2.75, 3.05) is 12.1 Å². The number of unbranched alkanes of at least 4 members (excludes halogenated alkanes) is 1. The van der Waals surface area contributed by atoms with Crippen LogP contribution in [0.25, 0.3) is 0 Å². The van der Waals surface area contributed by atoms with Gasteiger partial charge in [0, 0.05) is 20.2 Å². The summed E-state index contributed by atoms with van der Waals surface area (Å²) >= 11 is 0. The lowest BCUT2D eigenvalue weighted by Gasteiger charge is -2.12. The van der Waals surface area contributed by atoms with Crippen LogP contribution in [0.1, 0.15) is 30.9 Å². The molecule has 2 rings (SSSR count). The average molecular weight is 314 g/mol. The predicted octanol–water partition coefficient (Wildman–Crippen LogP) is 1.89. The van der Waals surface area contributed by atoms with Crippen molar-refractivity contribution in [3.05, 3.63) is 62.3 Å². The summed E-state index contributed by atoms with van der Waals surface area (Å²) in [7, 11) is 3.10. The molecule has 0 saturated carbocycles. The van der Waals surface area contributed by atoms with Crippen LogP contribution in [0.5, 0.6) is 0 Å². The molecular formula is C17H22N4O2. The second-order valence-electron chi connectivity index (χ2n) is 5.47. The number of hydrazone groups is 1. The standard InChI is InChI=1S/C17H22N4O2/c1-4-5-6-13-7-9-14(10-8-13)12-18-21(3)15-11-16(22)20(2)17(23)19-15/h7-12H,4-6H2,1-3H3,(H,19,23). The fraction of sp³-hybridized carbons (Fsp3) is 0.353. The Morgan fingerprint density at radius 3 is 2.57 bits per heavy atom. The molecule has 0 aliphatic heterocycles. The first-order valence-corrected chi connectivity index (χ1v) is 7.68. The quantitative estimate of drug-likeness (QED) is 0.654. The third kappa shape index (κ3) is 4.42. The van der Waals surface area contributed by atoms with Crippen LogP contribution in [0, 0.1) is 0 Å². The van der Waals surface area contributed by atoms with Crippen LogP contribution >= 0.6 is 0 Å². The number of H-pyrrole nitrogens is 1. The lowest BCUT2D eigenvalue weighted by atomic mass is 10.1. The van der Waals surface area contributed by atoms with E-state index < -0.39 is 5.69 Å². The molecule has 0 unspecified atom stereocenters. The molecule has 1 heterocycles. The number of aryl methyl sites for hydroxylation is 1. The van der Waals surface area contributed by atoms with Gasteiger partial charge in [0.25, 0.3) is 5.56 Å². The van der Waals surface area contributed by atoms with E-state index in [1.807, 2.05) is 12.1 Å². The van der Waals surface area contributed by atoms with Gasteiger partial charge in [-0.1, -0.05) is 37.6 Å². The van der Waals surface area contributed by atoms with Crippen LogP contribution in [0.2, 0.25) is 0 Å². The van der Waals surface area contributed by atoms with E-state index in [1.54, 1.807) is 13.3 Å². The van der Waals surface area contributed by atoms with Gasteiger partial charge in [0.1, 0.15) is 5.82 Å². The molecule has 0 atom stereocenters. The minimum atomic E-state index is -0.463. The summed E-state index contributed by atoms with van der Waals surface area (Å²) in [6, 6.07) is 9.55. The number of nitrogens with one attached hydrogen (secondary N) is 1. The SMILES string of the molecule is CCCCc1ccc(C=NN(C)c2cc(=O)n(C)c(=O)[nH]2)cc1. The molecule has 0 radical (unpaired) electrons. The Morgan fingerprint density at radius 2 is 1.96 bits per heavy atom. The highest BCUT2D eigenvalue weighted by Gasteiger charge is 2.04. The van der Waals surface area contributed by atoms with Crippen molar-refractivity contribution >= 4 is 12.0 Å². The highest BCUT2D eigenvalue weighted by Crippen LogP contribution is 2.08. The molecule has 1 aromatic heterocycles. The summed E-state index contributed by atoms with van der Waals surface area (Å²) < 4.78 is 1.01. The van der Waals surface area contributed by atoms with Crippen molar-refractivity contribution in [3.8, 4) is 0 Å². The zero-order valence-corrected chi connectivity index (χ0v) is 13.7. The molecule has 0 saturated heterocycles. The third-order valence-electron chi connectivity index (χ3n) is 3.66. The number of nitrogens with zero attached hydrogens (tertiary/aromatic N) is 3. The first-order valence-electron chi connectivity index (χ1n) is 7.68. The Bertz CT molecular complexity index is 756. The summed E-state index contributed by atoms with van der Waals surface area (Å²) in [5, 5.41) is 5.72. The Morgan fingerprint density at radius 1 is 1.26 bits per heavy atom. The summed E-state index contributed by atoms with van der Waals surface area (Å²) in [6.45, 7) is 2.18. The van der Waals surface area contributed by atoms with Crippen LogP contribution in [0.3, 0.4) is 0 Å². The average Bonchev–Trinajstić information content (AvgIpc) is 2.56. The van der Waals surface area contributed by atoms with Gasteiger partial charge in [-0.2, -0.15) is 5.10 Å². The Balaban J connectivity index is 2.10. The third-order valence-corrected chi connectivity index (χ3v) is 3.66. The Kier molecular flexibility index (Phi) is 5.51. The van der Waals surface area contributed by atoms with Gasteiger partial charge >= 0.3 is 5.69 Å². The first-order chi connectivity index (χ1) is 11.0. The van der Waals surface area contributed by atoms with E-state index in [1.165, 1.54) is 36.5 Å². The van der Waals surface area contributed by atoms with E-state index in [2.05, 4.69) is 29.1 Å². The monoisotopic (exact) mass is 314 g/mol. The van der Waals surface area contributed by atoms with E-state index in [9.17, 15) is 9.59 Å². The van der Waals surface area contributed by atoms with Gasteiger partial charge in [-0.05, 0) is 24.0 Å². The van der Waals surface area contributed by atoms with Crippen LogP contribution < -0.4 is 16.3 Å². The van der Waals surface area contributed by atoms with Gasteiger partial charge in [0.15, 0.2) is 0 Å². The summed E-state index contributed by atoms with van der Waals surface area (Å²) in [4.78, 5) is 25.8. The van der Waals surface area contributed by atoms with E-state index in [-0.39, 0.29) is 5.56 Å². The van der Waals surface area contributed by atoms with E-state index in [0.29, 0.717) is 5.82 Å². The van der Waals surface area contributed by atoms with Crippen LogP contribution in [-0.4, -0.2) is 22.8 Å². The maximum Gasteiger partial charge on any atom is 0.329 e. The number of hydrogen-bond acceptors (Lipinski definition) is 4. The second kappa shape index (κ2) is 7.58. The molecule has 6 heteroatoms. The van der Waals surface area contributed by atoms with Gasteiger partial charge in [-0.15, -0.1) is 0 Å². The zero-order valence-electron chi connectivity index (χ0n) is 13.7. The molecule has 23 heavy (non-hydrogen) atoms. The smallest absolute Gasteiger partial charge is 0.292 e. The fourth-order valence-electron chi connectivity index (χ4n) is 2.08. The van der Waals surface area contributed by atoms with E-state index in [4.69, 9.17) is 0 Å². The molecule has 1 aromatic carbocycles. The number of aromatic nitrogens is 2. The molecule has 2 aromatic rings. The molecule has 0 fully saturated rings. The van der Waals surface area contributed by atoms with Gasteiger partial charge in [-0.25, -0.2) is 4.79 Å². The maximum atomic E-state index is 11.6. The number of hydrogen-bond donors (Lipinski definition) is 1. The molecule has 1 N–H and O–H groups in total. The number of anilines is 1. The highest BCUT2D eigenvalue weighted by atomic mass is 16.2. The van der Waals surface area contributed by atoms with Crippen molar-refractivity contribution in [1.82, 2.24) is 9.55 Å². The van der Waals surface area contributed by atoms with Gasteiger partial charge in [0.05, 0.1) is 6.21 Å². The molecular weight excluding hydrogens is 292 g/mol. The fourth-order valence-corrected chi connectivity index (χ4v) is 2.08. The number of aromatic amines is 1. The van der Waals surface area contributed by atoms with Crippen LogP contribution in [0.15, 0.2) is 45.0 Å². The molecule has 0 amide bonds. The lowest BCUT2D eigenvalue weighted by Crippen LogP contribution is -2.33. The minimum absolute atomic E-state index is 0.355. The van der Waals surface area contributed by atoms with Crippen molar-refractivity contribution < 1.29 is 0 Å². The summed E-state index contributed by atoms with van der Waals surface area (Å²) in [6.07, 6.45) is 5.15.